The lowest BCUT2D eigenvalue weighted by atomic mass is 9.96. The van der Waals surface area contributed by atoms with Crippen LogP contribution in [0.1, 0.15) is 26.2 Å². The highest BCUT2D eigenvalue weighted by atomic mass is 16.5. The van der Waals surface area contributed by atoms with E-state index in [1.807, 2.05) is 6.92 Å². The summed E-state index contributed by atoms with van der Waals surface area (Å²) in [4.78, 5) is 26.3. The molecule has 0 aromatic heterocycles. The molecule has 2 amide bonds. The van der Waals surface area contributed by atoms with Gasteiger partial charge in [-0.05, 0) is 12.8 Å². The smallest absolute Gasteiger partial charge is 0.229 e. The van der Waals surface area contributed by atoms with Crippen molar-refractivity contribution in [1.82, 2.24) is 4.90 Å². The summed E-state index contributed by atoms with van der Waals surface area (Å²) in [5.74, 6) is 1.18. The van der Waals surface area contributed by atoms with E-state index in [0.717, 1.165) is 19.4 Å². The SMILES string of the molecule is CCC(=O)N1CCCC(C(=O)Nc2cc(OC)c(OC)c(OC)c2)C1. The minimum atomic E-state index is -0.219. The maximum atomic E-state index is 12.6. The van der Waals surface area contributed by atoms with Gasteiger partial charge in [-0.25, -0.2) is 0 Å². The van der Waals surface area contributed by atoms with Gasteiger partial charge >= 0.3 is 0 Å². The number of hydrogen-bond acceptors (Lipinski definition) is 5. The number of ether oxygens (including phenoxy) is 3. The average molecular weight is 350 g/mol. The fraction of sp³-hybridized carbons (Fsp3) is 0.556. The van der Waals surface area contributed by atoms with Crippen LogP contribution in [0, 0.1) is 5.92 Å². The van der Waals surface area contributed by atoms with Gasteiger partial charge in [-0.3, -0.25) is 9.59 Å². The van der Waals surface area contributed by atoms with E-state index in [1.165, 1.54) is 21.3 Å². The number of carbonyl (C=O) groups excluding carboxylic acids is 2. The van der Waals surface area contributed by atoms with Gasteiger partial charge in [0.15, 0.2) is 11.5 Å². The van der Waals surface area contributed by atoms with Crippen molar-refractivity contribution in [2.75, 3.05) is 39.7 Å². The standard InChI is InChI=1S/C18H26N2O5/c1-5-16(21)20-8-6-7-12(11-20)18(22)19-13-9-14(23-2)17(25-4)15(10-13)24-3/h9-10,12H,5-8,11H2,1-4H3,(H,19,22). The van der Waals surface area contributed by atoms with Crippen LogP contribution in [-0.2, 0) is 9.59 Å². The first-order valence-corrected chi connectivity index (χ1v) is 8.42. The molecule has 1 aliphatic rings. The number of nitrogens with zero attached hydrogens (tertiary/aromatic N) is 1. The molecule has 0 radical (unpaired) electrons. The Bertz CT molecular complexity index is 607. The molecule has 1 atom stereocenters. The molecule has 0 saturated carbocycles. The molecule has 1 fully saturated rings. The first kappa shape index (κ1) is 18.9. The van der Waals surface area contributed by atoms with Gasteiger partial charge in [0, 0.05) is 37.3 Å². The third kappa shape index (κ3) is 4.35. The number of hydrogen-bond donors (Lipinski definition) is 1. The molecule has 1 unspecified atom stereocenters. The Morgan fingerprint density at radius 2 is 1.80 bits per heavy atom. The molecular weight excluding hydrogens is 324 g/mol. The van der Waals surface area contributed by atoms with Crippen LogP contribution in [0.4, 0.5) is 5.69 Å². The third-order valence-corrected chi connectivity index (χ3v) is 4.38. The van der Waals surface area contributed by atoms with Gasteiger partial charge in [0.1, 0.15) is 0 Å². The quantitative estimate of drug-likeness (QED) is 0.852. The highest BCUT2D eigenvalue weighted by Crippen LogP contribution is 2.40. The molecule has 7 nitrogen and oxygen atoms in total. The first-order valence-electron chi connectivity index (χ1n) is 8.42. The van der Waals surface area contributed by atoms with E-state index in [0.29, 0.717) is 35.9 Å². The van der Waals surface area contributed by atoms with Crippen LogP contribution in [0.15, 0.2) is 12.1 Å². The van der Waals surface area contributed by atoms with E-state index >= 15 is 0 Å². The van der Waals surface area contributed by atoms with Crippen molar-refractivity contribution in [3.63, 3.8) is 0 Å². The number of carbonyl (C=O) groups is 2. The van der Waals surface area contributed by atoms with Gasteiger partial charge in [-0.1, -0.05) is 6.92 Å². The maximum absolute atomic E-state index is 12.6. The second kappa shape index (κ2) is 8.60. The van der Waals surface area contributed by atoms with Crippen LogP contribution in [0.2, 0.25) is 0 Å². The molecular formula is C18H26N2O5. The number of amides is 2. The largest absolute Gasteiger partial charge is 0.493 e. The third-order valence-electron chi connectivity index (χ3n) is 4.38. The summed E-state index contributed by atoms with van der Waals surface area (Å²) in [5, 5.41) is 2.90. The van der Waals surface area contributed by atoms with Crippen molar-refractivity contribution < 1.29 is 23.8 Å². The second-order valence-electron chi connectivity index (χ2n) is 5.94. The van der Waals surface area contributed by atoms with Crippen molar-refractivity contribution in [3.8, 4) is 17.2 Å². The highest BCUT2D eigenvalue weighted by Gasteiger charge is 2.28. The topological polar surface area (TPSA) is 77.1 Å². The molecule has 1 N–H and O–H groups in total. The molecule has 1 heterocycles. The average Bonchev–Trinajstić information content (AvgIpc) is 2.66. The Morgan fingerprint density at radius 3 is 2.32 bits per heavy atom. The number of rotatable bonds is 6. The summed E-state index contributed by atoms with van der Waals surface area (Å²) >= 11 is 0. The Morgan fingerprint density at radius 1 is 1.16 bits per heavy atom. The zero-order valence-corrected chi connectivity index (χ0v) is 15.3. The Kier molecular flexibility index (Phi) is 6.50. The minimum absolute atomic E-state index is 0.0882. The first-order chi connectivity index (χ1) is 12.0. The van der Waals surface area contributed by atoms with Crippen LogP contribution >= 0.6 is 0 Å². The number of methoxy groups -OCH3 is 3. The van der Waals surface area contributed by atoms with Crippen molar-refractivity contribution in [2.45, 2.75) is 26.2 Å². The molecule has 0 bridgehead atoms. The molecule has 7 heteroatoms. The van der Waals surface area contributed by atoms with Crippen LogP contribution < -0.4 is 19.5 Å². The van der Waals surface area contributed by atoms with E-state index in [-0.39, 0.29) is 17.7 Å². The molecule has 1 aromatic carbocycles. The Labute approximate surface area is 148 Å². The Balaban J connectivity index is 2.13. The molecule has 1 aromatic rings. The molecule has 0 spiro atoms. The van der Waals surface area contributed by atoms with Gasteiger partial charge < -0.3 is 24.4 Å². The van der Waals surface area contributed by atoms with Crippen LogP contribution in [0.5, 0.6) is 17.2 Å². The molecule has 1 saturated heterocycles. The predicted octanol–water partition coefficient (Wildman–Crippen LogP) is 2.30. The van der Waals surface area contributed by atoms with Crippen LogP contribution in [0.3, 0.4) is 0 Å². The normalized spacial score (nSPS) is 17.0. The van der Waals surface area contributed by atoms with Crippen molar-refractivity contribution in [3.05, 3.63) is 12.1 Å². The van der Waals surface area contributed by atoms with E-state index in [9.17, 15) is 9.59 Å². The van der Waals surface area contributed by atoms with E-state index < -0.39 is 0 Å². The number of anilines is 1. The number of nitrogens with one attached hydrogen (secondary N) is 1. The van der Waals surface area contributed by atoms with Crippen molar-refractivity contribution in [1.29, 1.82) is 0 Å². The Hall–Kier alpha value is -2.44. The lowest BCUT2D eigenvalue weighted by Gasteiger charge is -2.32. The van der Waals surface area contributed by atoms with Crippen LogP contribution in [0.25, 0.3) is 0 Å². The van der Waals surface area contributed by atoms with Crippen LogP contribution in [-0.4, -0.2) is 51.1 Å². The van der Waals surface area contributed by atoms with Gasteiger partial charge in [0.05, 0.1) is 27.2 Å². The summed E-state index contributed by atoms with van der Waals surface area (Å²) in [5.41, 5.74) is 0.568. The van der Waals surface area contributed by atoms with Gasteiger partial charge in [0.25, 0.3) is 0 Å². The monoisotopic (exact) mass is 350 g/mol. The molecule has 1 aliphatic heterocycles. The summed E-state index contributed by atoms with van der Waals surface area (Å²) in [6.07, 6.45) is 2.06. The summed E-state index contributed by atoms with van der Waals surface area (Å²) in [6.45, 7) is 3.02. The summed E-state index contributed by atoms with van der Waals surface area (Å²) in [6, 6.07) is 3.38. The lowest BCUT2D eigenvalue weighted by molar-refractivity contribution is -0.134. The number of piperidine rings is 1. The fourth-order valence-corrected chi connectivity index (χ4v) is 3.04. The van der Waals surface area contributed by atoms with E-state index in [4.69, 9.17) is 14.2 Å². The zero-order valence-electron chi connectivity index (χ0n) is 15.3. The second-order valence-corrected chi connectivity index (χ2v) is 5.94. The molecule has 2 rings (SSSR count). The lowest BCUT2D eigenvalue weighted by Crippen LogP contribution is -2.43. The maximum Gasteiger partial charge on any atom is 0.229 e. The van der Waals surface area contributed by atoms with Crippen molar-refractivity contribution in [2.24, 2.45) is 5.92 Å². The predicted molar refractivity (Wildman–Crippen MR) is 94.3 cm³/mol. The number of benzene rings is 1. The van der Waals surface area contributed by atoms with Gasteiger partial charge in [-0.15, -0.1) is 0 Å². The fourth-order valence-electron chi connectivity index (χ4n) is 3.04. The van der Waals surface area contributed by atoms with Crippen molar-refractivity contribution >= 4 is 17.5 Å². The highest BCUT2D eigenvalue weighted by molar-refractivity contribution is 5.94. The molecule has 0 aliphatic carbocycles. The molecule has 138 valence electrons. The summed E-state index contributed by atoms with van der Waals surface area (Å²) in [7, 11) is 4.58. The van der Waals surface area contributed by atoms with Gasteiger partial charge in [-0.2, -0.15) is 0 Å². The summed E-state index contributed by atoms with van der Waals surface area (Å²) < 4.78 is 15.9. The van der Waals surface area contributed by atoms with E-state index in [2.05, 4.69) is 5.32 Å². The molecule has 25 heavy (non-hydrogen) atoms. The van der Waals surface area contributed by atoms with Gasteiger partial charge in [0.2, 0.25) is 17.6 Å². The van der Waals surface area contributed by atoms with E-state index in [1.54, 1.807) is 17.0 Å². The minimum Gasteiger partial charge on any atom is -0.493 e. The number of likely N-dealkylation sites (tertiary alicyclic amines) is 1. The zero-order chi connectivity index (χ0) is 18.4.